The Balaban J connectivity index is 1.65. The normalized spacial score (nSPS) is 12.1. The second-order valence-corrected chi connectivity index (χ2v) is 6.11. The van der Waals surface area contributed by atoms with Crippen molar-refractivity contribution >= 4 is 27.3 Å². The lowest BCUT2D eigenvalue weighted by atomic mass is 10.2. The average Bonchev–Trinajstić information content (AvgIpc) is 3.03. The van der Waals surface area contributed by atoms with Crippen LogP contribution in [0.1, 0.15) is 21.5 Å². The van der Waals surface area contributed by atoms with Crippen molar-refractivity contribution in [2.75, 3.05) is 13.7 Å². The number of pyridine rings is 1. The summed E-state index contributed by atoms with van der Waals surface area (Å²) in [7, 11) is 1.53. The predicted octanol–water partition coefficient (Wildman–Crippen LogP) is 2.77. The van der Waals surface area contributed by atoms with Gasteiger partial charge in [0, 0.05) is 28.4 Å². The number of methoxy groups -OCH3 is 1. The van der Waals surface area contributed by atoms with Gasteiger partial charge in [0.05, 0.1) is 7.11 Å². The molecule has 6 heteroatoms. The molecule has 0 saturated carbocycles. The molecule has 2 N–H and O–H groups in total. The molecular formula is C17H16N2O3S. The van der Waals surface area contributed by atoms with Crippen molar-refractivity contribution in [2.24, 2.45) is 0 Å². The average molecular weight is 328 g/mol. The molecule has 0 spiro atoms. The topological polar surface area (TPSA) is 71.5 Å². The lowest BCUT2D eigenvalue weighted by Crippen LogP contribution is -2.28. The number of aliphatic hydroxyl groups excluding tert-OH is 1. The van der Waals surface area contributed by atoms with E-state index >= 15 is 0 Å². The number of fused-ring (bicyclic) bond motifs is 1. The molecule has 118 valence electrons. The minimum Gasteiger partial charge on any atom is -0.497 e. The van der Waals surface area contributed by atoms with Crippen molar-refractivity contribution in [1.29, 1.82) is 0 Å². The number of hydrogen-bond acceptors (Lipinski definition) is 5. The number of carbonyl (C=O) groups is 1. The van der Waals surface area contributed by atoms with Gasteiger partial charge in [0.1, 0.15) is 17.5 Å². The van der Waals surface area contributed by atoms with E-state index in [2.05, 4.69) is 10.3 Å². The molecule has 1 atom stereocenters. The van der Waals surface area contributed by atoms with Crippen LogP contribution >= 0.6 is 11.3 Å². The summed E-state index contributed by atoms with van der Waals surface area (Å²) < 4.78 is 6.18. The number of nitrogens with one attached hydrogen (secondary N) is 1. The largest absolute Gasteiger partial charge is 0.497 e. The van der Waals surface area contributed by atoms with Gasteiger partial charge in [-0.25, -0.2) is 0 Å². The summed E-state index contributed by atoms with van der Waals surface area (Å²) in [6.45, 7) is 0.130. The van der Waals surface area contributed by atoms with Crippen LogP contribution in [-0.2, 0) is 0 Å². The lowest BCUT2D eigenvalue weighted by molar-refractivity contribution is 0.0912. The Morgan fingerprint density at radius 3 is 2.96 bits per heavy atom. The number of hydrogen-bond donors (Lipinski definition) is 2. The summed E-state index contributed by atoms with van der Waals surface area (Å²) in [5.41, 5.74) is 0.257. The number of rotatable bonds is 5. The maximum Gasteiger partial charge on any atom is 0.270 e. The monoisotopic (exact) mass is 328 g/mol. The number of thiophene rings is 1. The third-order valence-electron chi connectivity index (χ3n) is 3.43. The van der Waals surface area contributed by atoms with E-state index in [0.29, 0.717) is 5.75 Å². The molecule has 0 bridgehead atoms. The zero-order valence-corrected chi connectivity index (χ0v) is 13.3. The van der Waals surface area contributed by atoms with Gasteiger partial charge < -0.3 is 15.2 Å². The molecule has 3 rings (SSSR count). The second kappa shape index (κ2) is 6.76. The van der Waals surface area contributed by atoms with Crippen molar-refractivity contribution in [3.8, 4) is 5.75 Å². The van der Waals surface area contributed by atoms with Gasteiger partial charge in [-0.05, 0) is 23.6 Å². The summed E-state index contributed by atoms with van der Waals surface area (Å²) in [6, 6.07) is 13.1. The number of benzene rings is 1. The van der Waals surface area contributed by atoms with Gasteiger partial charge in [0.15, 0.2) is 0 Å². The SMILES string of the molecule is COc1ccnc(C(=O)NCC(O)c2cc3ccccc3s2)c1. The Morgan fingerprint density at radius 1 is 1.35 bits per heavy atom. The highest BCUT2D eigenvalue weighted by atomic mass is 32.1. The molecule has 0 aliphatic rings. The van der Waals surface area contributed by atoms with Crippen LogP contribution in [0.3, 0.4) is 0 Å². The second-order valence-electron chi connectivity index (χ2n) is 4.99. The molecular weight excluding hydrogens is 312 g/mol. The Labute approximate surface area is 137 Å². The highest BCUT2D eigenvalue weighted by Gasteiger charge is 2.14. The van der Waals surface area contributed by atoms with Gasteiger partial charge in [-0.15, -0.1) is 11.3 Å². The van der Waals surface area contributed by atoms with Crippen LogP contribution in [-0.4, -0.2) is 29.7 Å². The van der Waals surface area contributed by atoms with Gasteiger partial charge >= 0.3 is 0 Å². The van der Waals surface area contributed by atoms with Crippen LogP contribution in [0.5, 0.6) is 5.75 Å². The van der Waals surface area contributed by atoms with Crippen molar-refractivity contribution in [1.82, 2.24) is 10.3 Å². The van der Waals surface area contributed by atoms with Crippen molar-refractivity contribution in [3.05, 3.63) is 59.2 Å². The van der Waals surface area contributed by atoms with Crippen LogP contribution in [0, 0.1) is 0 Å². The van der Waals surface area contributed by atoms with E-state index < -0.39 is 6.10 Å². The number of nitrogens with zero attached hydrogens (tertiary/aromatic N) is 1. The first kappa shape index (κ1) is 15.5. The Morgan fingerprint density at radius 2 is 2.17 bits per heavy atom. The molecule has 0 radical (unpaired) electrons. The van der Waals surface area contributed by atoms with Gasteiger partial charge in [-0.1, -0.05) is 18.2 Å². The molecule has 0 saturated heterocycles. The molecule has 0 aliphatic heterocycles. The third-order valence-corrected chi connectivity index (χ3v) is 4.65. The standard InChI is InChI=1S/C17H16N2O3S/c1-22-12-6-7-18-13(9-12)17(21)19-10-14(20)16-8-11-4-2-3-5-15(11)23-16/h2-9,14,20H,10H2,1H3,(H,19,21). The Kier molecular flexibility index (Phi) is 4.55. The molecule has 1 unspecified atom stereocenters. The molecule has 0 fully saturated rings. The molecule has 23 heavy (non-hydrogen) atoms. The molecule has 1 amide bonds. The zero-order valence-electron chi connectivity index (χ0n) is 12.5. The summed E-state index contributed by atoms with van der Waals surface area (Å²) in [5.74, 6) is 0.222. The molecule has 2 heterocycles. The van der Waals surface area contributed by atoms with Crippen molar-refractivity contribution in [2.45, 2.75) is 6.10 Å². The van der Waals surface area contributed by atoms with Gasteiger partial charge in [0.2, 0.25) is 0 Å². The Bertz CT molecular complexity index is 798. The van der Waals surface area contributed by atoms with Crippen LogP contribution in [0.2, 0.25) is 0 Å². The van der Waals surface area contributed by atoms with Crippen molar-refractivity contribution < 1.29 is 14.6 Å². The van der Waals surface area contributed by atoms with E-state index in [1.54, 1.807) is 12.1 Å². The first-order valence-electron chi connectivity index (χ1n) is 7.12. The summed E-state index contributed by atoms with van der Waals surface area (Å²) in [6.07, 6.45) is 0.762. The van der Waals surface area contributed by atoms with Crippen LogP contribution in [0.4, 0.5) is 0 Å². The predicted molar refractivity (Wildman–Crippen MR) is 89.9 cm³/mol. The molecule has 1 aromatic carbocycles. The molecule has 3 aromatic rings. The first-order valence-corrected chi connectivity index (χ1v) is 7.94. The number of aromatic nitrogens is 1. The fourth-order valence-corrected chi connectivity index (χ4v) is 3.26. The van der Waals surface area contributed by atoms with E-state index in [4.69, 9.17) is 4.74 Å². The fourth-order valence-electron chi connectivity index (χ4n) is 2.21. The fraction of sp³-hybridized carbons (Fsp3) is 0.176. The third kappa shape index (κ3) is 3.49. The number of aliphatic hydroxyl groups is 1. The van der Waals surface area contributed by atoms with E-state index in [9.17, 15) is 9.90 Å². The van der Waals surface area contributed by atoms with E-state index in [-0.39, 0.29) is 18.1 Å². The molecule has 0 aliphatic carbocycles. The number of carbonyl (C=O) groups excluding carboxylic acids is 1. The Hall–Kier alpha value is -2.44. The maximum absolute atomic E-state index is 12.1. The smallest absolute Gasteiger partial charge is 0.270 e. The molecule has 2 aromatic heterocycles. The van der Waals surface area contributed by atoms with E-state index in [1.165, 1.54) is 24.6 Å². The lowest BCUT2D eigenvalue weighted by Gasteiger charge is -2.10. The maximum atomic E-state index is 12.1. The molecule has 5 nitrogen and oxygen atoms in total. The quantitative estimate of drug-likeness (QED) is 0.755. The van der Waals surface area contributed by atoms with Crippen molar-refractivity contribution in [3.63, 3.8) is 0 Å². The summed E-state index contributed by atoms with van der Waals surface area (Å²) >= 11 is 1.52. The van der Waals surface area contributed by atoms with Gasteiger partial charge in [0.25, 0.3) is 5.91 Å². The highest BCUT2D eigenvalue weighted by Crippen LogP contribution is 2.29. The van der Waals surface area contributed by atoms with E-state index in [0.717, 1.165) is 15.0 Å². The minimum atomic E-state index is -0.748. The number of ether oxygens (including phenoxy) is 1. The first-order chi connectivity index (χ1) is 11.2. The van der Waals surface area contributed by atoms with Gasteiger partial charge in [-0.2, -0.15) is 0 Å². The minimum absolute atomic E-state index is 0.130. The van der Waals surface area contributed by atoms with Gasteiger partial charge in [-0.3, -0.25) is 9.78 Å². The summed E-state index contributed by atoms with van der Waals surface area (Å²) in [4.78, 5) is 16.9. The zero-order chi connectivity index (χ0) is 16.2. The van der Waals surface area contributed by atoms with E-state index in [1.807, 2.05) is 30.3 Å². The van der Waals surface area contributed by atoms with Crippen LogP contribution in [0.25, 0.3) is 10.1 Å². The van der Waals surface area contributed by atoms with Crippen LogP contribution < -0.4 is 10.1 Å². The summed E-state index contributed by atoms with van der Waals surface area (Å²) in [5, 5.41) is 14.1. The highest BCUT2D eigenvalue weighted by molar-refractivity contribution is 7.19. The van der Waals surface area contributed by atoms with Crippen LogP contribution in [0.15, 0.2) is 48.7 Å². The number of amides is 1.